The summed E-state index contributed by atoms with van der Waals surface area (Å²) < 4.78 is 0. The van der Waals surface area contributed by atoms with Crippen LogP contribution in [0.3, 0.4) is 0 Å². The standard InChI is InChI=1S/C15H17ClN2O/c1-11-2-3-14(16)13(8-11)9-15(19)18-6-4-12(10-17)5-7-18/h2-3,8,12H,4-7,9H2,1H3. The van der Waals surface area contributed by atoms with Gasteiger partial charge in [-0.25, -0.2) is 0 Å². The molecule has 1 fully saturated rings. The van der Waals surface area contributed by atoms with Crippen molar-refractivity contribution in [1.29, 1.82) is 5.26 Å². The van der Waals surface area contributed by atoms with Gasteiger partial charge in [0.25, 0.3) is 0 Å². The van der Waals surface area contributed by atoms with E-state index in [1.54, 1.807) is 0 Å². The zero-order chi connectivity index (χ0) is 13.8. The minimum absolute atomic E-state index is 0.101. The lowest BCUT2D eigenvalue weighted by molar-refractivity contribution is -0.131. The van der Waals surface area contributed by atoms with E-state index in [2.05, 4.69) is 6.07 Å². The van der Waals surface area contributed by atoms with Crippen molar-refractivity contribution in [3.63, 3.8) is 0 Å². The molecule has 0 unspecified atom stereocenters. The first-order valence-corrected chi connectivity index (χ1v) is 6.90. The van der Waals surface area contributed by atoms with Gasteiger partial charge in [-0.05, 0) is 31.4 Å². The fourth-order valence-corrected chi connectivity index (χ4v) is 2.56. The van der Waals surface area contributed by atoms with Crippen LogP contribution in [0.15, 0.2) is 18.2 Å². The molecule has 0 N–H and O–H groups in total. The van der Waals surface area contributed by atoms with Crippen molar-refractivity contribution in [2.24, 2.45) is 5.92 Å². The normalized spacial score (nSPS) is 16.2. The van der Waals surface area contributed by atoms with Crippen molar-refractivity contribution < 1.29 is 4.79 Å². The predicted molar refractivity (Wildman–Crippen MR) is 74.8 cm³/mol. The van der Waals surface area contributed by atoms with Crippen molar-refractivity contribution in [2.45, 2.75) is 26.2 Å². The Morgan fingerprint density at radius 2 is 2.16 bits per heavy atom. The van der Waals surface area contributed by atoms with Crippen molar-refractivity contribution in [1.82, 2.24) is 4.90 Å². The monoisotopic (exact) mass is 276 g/mol. The van der Waals surface area contributed by atoms with E-state index >= 15 is 0 Å². The number of likely N-dealkylation sites (tertiary alicyclic amines) is 1. The third-order valence-electron chi connectivity index (χ3n) is 3.57. The Kier molecular flexibility index (Phi) is 4.44. The molecule has 0 atom stereocenters. The SMILES string of the molecule is Cc1ccc(Cl)c(CC(=O)N2CCC(C#N)CC2)c1. The van der Waals surface area contributed by atoms with Crippen LogP contribution in [0.1, 0.15) is 24.0 Å². The number of rotatable bonds is 2. The van der Waals surface area contributed by atoms with Crippen molar-refractivity contribution in [3.8, 4) is 6.07 Å². The Hall–Kier alpha value is -1.53. The highest BCUT2D eigenvalue weighted by molar-refractivity contribution is 6.31. The largest absolute Gasteiger partial charge is 0.342 e. The number of hydrogen-bond acceptors (Lipinski definition) is 2. The maximum absolute atomic E-state index is 12.2. The van der Waals surface area contributed by atoms with Crippen LogP contribution >= 0.6 is 11.6 Å². The molecular weight excluding hydrogens is 260 g/mol. The van der Waals surface area contributed by atoms with Crippen LogP contribution in [-0.4, -0.2) is 23.9 Å². The molecule has 0 bridgehead atoms. The molecule has 0 radical (unpaired) electrons. The van der Waals surface area contributed by atoms with Gasteiger partial charge >= 0.3 is 0 Å². The number of benzene rings is 1. The van der Waals surface area contributed by atoms with Gasteiger partial charge in [0.05, 0.1) is 12.5 Å². The lowest BCUT2D eigenvalue weighted by Gasteiger charge is -2.29. The van der Waals surface area contributed by atoms with E-state index in [4.69, 9.17) is 16.9 Å². The number of nitrogens with zero attached hydrogens (tertiary/aromatic N) is 2. The Bertz CT molecular complexity index is 513. The summed E-state index contributed by atoms with van der Waals surface area (Å²) in [4.78, 5) is 14.1. The van der Waals surface area contributed by atoms with Crippen LogP contribution in [-0.2, 0) is 11.2 Å². The highest BCUT2D eigenvalue weighted by Gasteiger charge is 2.22. The molecule has 1 aliphatic heterocycles. The van der Waals surface area contributed by atoms with Crippen LogP contribution in [0.4, 0.5) is 0 Å². The highest BCUT2D eigenvalue weighted by Crippen LogP contribution is 2.21. The lowest BCUT2D eigenvalue weighted by Crippen LogP contribution is -2.39. The molecule has 1 aliphatic rings. The van der Waals surface area contributed by atoms with Gasteiger partial charge in [-0.1, -0.05) is 29.3 Å². The van der Waals surface area contributed by atoms with Gasteiger partial charge in [0, 0.05) is 24.0 Å². The van der Waals surface area contributed by atoms with Crippen molar-refractivity contribution >= 4 is 17.5 Å². The minimum atomic E-state index is 0.101. The smallest absolute Gasteiger partial charge is 0.227 e. The molecule has 19 heavy (non-hydrogen) atoms. The Morgan fingerprint density at radius 3 is 2.79 bits per heavy atom. The first-order valence-electron chi connectivity index (χ1n) is 6.52. The fraction of sp³-hybridized carbons (Fsp3) is 0.467. The number of piperidine rings is 1. The van der Waals surface area contributed by atoms with E-state index in [1.807, 2.05) is 30.0 Å². The molecule has 1 aromatic rings. The van der Waals surface area contributed by atoms with Gasteiger partial charge in [-0.3, -0.25) is 4.79 Å². The van der Waals surface area contributed by atoms with E-state index in [-0.39, 0.29) is 11.8 Å². The minimum Gasteiger partial charge on any atom is -0.342 e. The van der Waals surface area contributed by atoms with E-state index in [0.717, 1.165) is 24.0 Å². The second kappa shape index (κ2) is 6.08. The fourth-order valence-electron chi connectivity index (χ4n) is 2.37. The molecule has 1 saturated heterocycles. The average Bonchev–Trinajstić information content (AvgIpc) is 2.43. The van der Waals surface area contributed by atoms with Crippen molar-refractivity contribution in [3.05, 3.63) is 34.3 Å². The Morgan fingerprint density at radius 1 is 1.47 bits per heavy atom. The van der Waals surface area contributed by atoms with E-state index in [9.17, 15) is 4.79 Å². The van der Waals surface area contributed by atoms with Crippen molar-refractivity contribution in [2.75, 3.05) is 13.1 Å². The molecule has 1 heterocycles. The average molecular weight is 277 g/mol. The second-order valence-corrected chi connectivity index (χ2v) is 5.46. The Balaban J connectivity index is 1.98. The lowest BCUT2D eigenvalue weighted by atomic mass is 9.98. The van der Waals surface area contributed by atoms with Gasteiger partial charge in [-0.15, -0.1) is 0 Å². The first-order chi connectivity index (χ1) is 9.10. The zero-order valence-corrected chi connectivity index (χ0v) is 11.8. The van der Waals surface area contributed by atoms with Gasteiger partial charge in [0.1, 0.15) is 0 Å². The third-order valence-corrected chi connectivity index (χ3v) is 3.94. The number of hydrogen-bond donors (Lipinski definition) is 0. The Labute approximate surface area is 118 Å². The molecule has 1 amide bonds. The van der Waals surface area contributed by atoms with Crippen LogP contribution in [0.5, 0.6) is 0 Å². The number of halogens is 1. The van der Waals surface area contributed by atoms with Crippen LogP contribution < -0.4 is 0 Å². The molecule has 1 aromatic carbocycles. The van der Waals surface area contributed by atoms with E-state index in [1.165, 1.54) is 0 Å². The molecule has 2 rings (SSSR count). The highest BCUT2D eigenvalue weighted by atomic mass is 35.5. The molecular formula is C15H17ClN2O. The predicted octanol–water partition coefficient (Wildman–Crippen LogP) is 2.95. The summed E-state index contributed by atoms with van der Waals surface area (Å²) in [5.41, 5.74) is 1.99. The van der Waals surface area contributed by atoms with Gasteiger partial charge < -0.3 is 4.90 Å². The number of carbonyl (C=O) groups is 1. The summed E-state index contributed by atoms with van der Waals surface area (Å²) in [6, 6.07) is 8.01. The quantitative estimate of drug-likeness (QED) is 0.834. The maximum Gasteiger partial charge on any atom is 0.227 e. The number of amides is 1. The molecule has 0 aromatic heterocycles. The zero-order valence-electron chi connectivity index (χ0n) is 11.0. The molecule has 0 spiro atoms. The van der Waals surface area contributed by atoms with E-state index < -0.39 is 0 Å². The summed E-state index contributed by atoms with van der Waals surface area (Å²) in [5.74, 6) is 0.204. The summed E-state index contributed by atoms with van der Waals surface area (Å²) >= 11 is 6.11. The summed E-state index contributed by atoms with van der Waals surface area (Å²) in [5, 5.41) is 9.49. The topological polar surface area (TPSA) is 44.1 Å². The van der Waals surface area contributed by atoms with Gasteiger partial charge in [-0.2, -0.15) is 5.26 Å². The number of nitriles is 1. The summed E-state index contributed by atoms with van der Waals surface area (Å²) in [6.45, 7) is 3.35. The molecule has 0 aliphatic carbocycles. The number of carbonyl (C=O) groups excluding carboxylic acids is 1. The summed E-state index contributed by atoms with van der Waals surface area (Å²) in [7, 11) is 0. The van der Waals surface area contributed by atoms with Crippen LogP contribution in [0.2, 0.25) is 5.02 Å². The third kappa shape index (κ3) is 3.48. The number of aryl methyl sites for hydroxylation is 1. The molecule has 4 heteroatoms. The maximum atomic E-state index is 12.2. The molecule has 3 nitrogen and oxygen atoms in total. The van der Waals surface area contributed by atoms with Crippen LogP contribution in [0, 0.1) is 24.2 Å². The summed E-state index contributed by atoms with van der Waals surface area (Å²) in [6.07, 6.45) is 1.91. The van der Waals surface area contributed by atoms with Crippen LogP contribution in [0.25, 0.3) is 0 Å². The van der Waals surface area contributed by atoms with E-state index in [0.29, 0.717) is 24.5 Å². The van der Waals surface area contributed by atoms with Gasteiger partial charge in [0.2, 0.25) is 5.91 Å². The first kappa shape index (κ1) is 13.9. The van der Waals surface area contributed by atoms with Gasteiger partial charge in [0.15, 0.2) is 0 Å². The second-order valence-electron chi connectivity index (χ2n) is 5.06. The molecule has 100 valence electrons. The molecule has 0 saturated carbocycles.